The molecular formula is C25H38N2O3. The van der Waals surface area contributed by atoms with Gasteiger partial charge >= 0.3 is 0 Å². The third-order valence-electron chi connectivity index (χ3n) is 6.11. The normalized spacial score (nSPS) is 21.7. The van der Waals surface area contributed by atoms with E-state index in [1.807, 2.05) is 38.7 Å². The molecule has 5 nitrogen and oxygen atoms in total. The van der Waals surface area contributed by atoms with E-state index in [-0.39, 0.29) is 47.6 Å². The topological polar surface area (TPSA) is 57.7 Å². The molecule has 2 heterocycles. The highest BCUT2D eigenvalue weighted by molar-refractivity contribution is 6.04. The van der Waals surface area contributed by atoms with Crippen molar-refractivity contribution in [3.63, 3.8) is 0 Å². The third kappa shape index (κ3) is 4.93. The summed E-state index contributed by atoms with van der Waals surface area (Å²) >= 11 is 0. The molecule has 2 unspecified atom stereocenters. The number of para-hydroxylation sites is 1. The number of hydrogen-bond acceptors (Lipinski definition) is 3. The number of rotatable bonds is 4. The molecule has 2 aliphatic rings. The molecule has 1 fully saturated rings. The lowest BCUT2D eigenvalue weighted by Gasteiger charge is -2.38. The Morgan fingerprint density at radius 2 is 1.17 bits per heavy atom. The third-order valence-corrected chi connectivity index (χ3v) is 6.11. The molecule has 0 aromatic heterocycles. The van der Waals surface area contributed by atoms with E-state index < -0.39 is 0 Å². The molecule has 3 rings (SSSR count). The Morgan fingerprint density at radius 3 is 1.60 bits per heavy atom. The van der Waals surface area contributed by atoms with Crippen molar-refractivity contribution in [1.29, 1.82) is 0 Å². The molecular weight excluding hydrogens is 376 g/mol. The van der Waals surface area contributed by atoms with Crippen molar-refractivity contribution >= 4 is 23.4 Å². The number of amides is 3. The summed E-state index contributed by atoms with van der Waals surface area (Å²) in [5, 5.41) is 0. The van der Waals surface area contributed by atoms with Crippen LogP contribution in [0.1, 0.15) is 67.4 Å². The largest absolute Gasteiger partial charge is 0.309 e. The summed E-state index contributed by atoms with van der Waals surface area (Å²) in [6, 6.07) is 8.51. The zero-order valence-electron chi connectivity index (χ0n) is 19.8. The van der Waals surface area contributed by atoms with Crippen LogP contribution in [0, 0.1) is 23.7 Å². The maximum atomic E-state index is 12.5. The summed E-state index contributed by atoms with van der Waals surface area (Å²) in [5.74, 6) is 0.988. The minimum atomic E-state index is -0.0881. The zero-order valence-corrected chi connectivity index (χ0v) is 19.8. The van der Waals surface area contributed by atoms with E-state index in [1.165, 1.54) is 10.5 Å². The number of imide groups is 1. The molecule has 3 amide bonds. The Bertz CT molecular complexity index is 782. The second kappa shape index (κ2) is 9.76. The minimum Gasteiger partial charge on any atom is -0.309 e. The van der Waals surface area contributed by atoms with E-state index in [1.54, 1.807) is 0 Å². The SMILES string of the molecule is CC(C)C1CC(=O)N(C(C)C)C1=O.CC(C)C1Cc2ccccc2N(C(C)C)C1=O. The molecule has 30 heavy (non-hydrogen) atoms. The Morgan fingerprint density at radius 1 is 0.700 bits per heavy atom. The van der Waals surface area contributed by atoms with Gasteiger partial charge in [-0.3, -0.25) is 19.3 Å². The van der Waals surface area contributed by atoms with Crippen LogP contribution in [0.25, 0.3) is 0 Å². The van der Waals surface area contributed by atoms with Gasteiger partial charge in [-0.2, -0.15) is 0 Å². The number of benzene rings is 1. The first-order valence-electron chi connectivity index (χ1n) is 11.2. The first-order valence-corrected chi connectivity index (χ1v) is 11.2. The van der Waals surface area contributed by atoms with Crippen LogP contribution in [0.15, 0.2) is 24.3 Å². The average Bonchev–Trinajstić information content (AvgIpc) is 2.95. The number of likely N-dealkylation sites (tertiary alicyclic amines) is 1. The van der Waals surface area contributed by atoms with Crippen LogP contribution < -0.4 is 4.90 Å². The molecule has 0 spiro atoms. The summed E-state index contributed by atoms with van der Waals surface area (Å²) in [6.45, 7) is 16.1. The molecule has 166 valence electrons. The van der Waals surface area contributed by atoms with Crippen LogP contribution >= 0.6 is 0 Å². The standard InChI is InChI=1S/C15H21NO.C10H17NO2/c1-10(2)13-9-12-7-5-6-8-14(12)16(11(3)4)15(13)17;1-6(2)8-5-9(12)11(7(3)4)10(8)13/h5-8,10-11,13H,9H2,1-4H3;6-8H,5H2,1-4H3. The van der Waals surface area contributed by atoms with Crippen molar-refractivity contribution < 1.29 is 14.4 Å². The van der Waals surface area contributed by atoms with Gasteiger partial charge in [0.2, 0.25) is 17.7 Å². The summed E-state index contributed by atoms with van der Waals surface area (Å²) in [5.41, 5.74) is 2.41. The van der Waals surface area contributed by atoms with Crippen LogP contribution in [-0.2, 0) is 20.8 Å². The van der Waals surface area contributed by atoms with Crippen LogP contribution in [0.5, 0.6) is 0 Å². The Kier molecular flexibility index (Phi) is 7.84. The summed E-state index contributed by atoms with van der Waals surface area (Å²) in [4.78, 5) is 39.0. The number of carbonyl (C=O) groups excluding carboxylic acids is 3. The molecule has 0 bridgehead atoms. The molecule has 1 saturated heterocycles. The monoisotopic (exact) mass is 414 g/mol. The van der Waals surface area contributed by atoms with Crippen LogP contribution in [0.3, 0.4) is 0 Å². The van der Waals surface area contributed by atoms with E-state index in [0.717, 1.165) is 12.1 Å². The molecule has 0 radical (unpaired) electrons. The maximum absolute atomic E-state index is 12.5. The van der Waals surface area contributed by atoms with Crippen molar-refractivity contribution in [1.82, 2.24) is 4.90 Å². The quantitative estimate of drug-likeness (QED) is 0.672. The lowest BCUT2D eigenvalue weighted by atomic mass is 9.83. The van der Waals surface area contributed by atoms with Gasteiger partial charge in [-0.25, -0.2) is 0 Å². The van der Waals surface area contributed by atoms with E-state index in [9.17, 15) is 14.4 Å². The minimum absolute atomic E-state index is 0.00347. The number of anilines is 1. The highest BCUT2D eigenvalue weighted by Crippen LogP contribution is 2.34. The van der Waals surface area contributed by atoms with E-state index >= 15 is 0 Å². The van der Waals surface area contributed by atoms with Crippen molar-refractivity contribution in [3.05, 3.63) is 29.8 Å². The number of nitrogens with zero attached hydrogens (tertiary/aromatic N) is 2. The second-order valence-corrected chi connectivity index (χ2v) is 9.74. The lowest BCUT2D eigenvalue weighted by Crippen LogP contribution is -2.46. The number of fused-ring (bicyclic) bond motifs is 1. The summed E-state index contributed by atoms with van der Waals surface area (Å²) in [7, 11) is 0. The molecule has 2 aliphatic heterocycles. The Balaban J connectivity index is 0.000000222. The fourth-order valence-electron chi connectivity index (χ4n) is 4.33. The lowest BCUT2D eigenvalue weighted by molar-refractivity contribution is -0.141. The Hall–Kier alpha value is -2.17. The maximum Gasteiger partial charge on any atom is 0.233 e. The van der Waals surface area contributed by atoms with Crippen molar-refractivity contribution in [2.75, 3.05) is 4.90 Å². The van der Waals surface area contributed by atoms with Gasteiger partial charge in [0.1, 0.15) is 0 Å². The second-order valence-electron chi connectivity index (χ2n) is 9.74. The fraction of sp³-hybridized carbons (Fsp3) is 0.640. The molecule has 5 heteroatoms. The Labute approximate surface area is 181 Å². The molecule has 2 atom stereocenters. The molecule has 1 aromatic rings. The van der Waals surface area contributed by atoms with E-state index in [4.69, 9.17) is 0 Å². The van der Waals surface area contributed by atoms with Crippen molar-refractivity contribution in [2.45, 2.75) is 80.3 Å². The van der Waals surface area contributed by atoms with Gasteiger partial charge in [0, 0.05) is 36.0 Å². The molecule has 1 aromatic carbocycles. The molecule has 0 saturated carbocycles. The van der Waals surface area contributed by atoms with Gasteiger partial charge in [-0.15, -0.1) is 0 Å². The fourth-order valence-corrected chi connectivity index (χ4v) is 4.33. The first kappa shape index (κ1) is 24.1. The van der Waals surface area contributed by atoms with E-state index in [0.29, 0.717) is 12.3 Å². The number of carbonyl (C=O) groups is 3. The van der Waals surface area contributed by atoms with Gasteiger partial charge < -0.3 is 4.90 Å². The highest BCUT2D eigenvalue weighted by Gasteiger charge is 2.41. The molecule has 0 aliphatic carbocycles. The van der Waals surface area contributed by atoms with Crippen LogP contribution in [0.4, 0.5) is 5.69 Å². The van der Waals surface area contributed by atoms with Gasteiger partial charge in [-0.05, 0) is 57.6 Å². The van der Waals surface area contributed by atoms with E-state index in [2.05, 4.69) is 45.9 Å². The molecule has 0 N–H and O–H groups in total. The van der Waals surface area contributed by atoms with Gasteiger partial charge in [0.15, 0.2) is 0 Å². The van der Waals surface area contributed by atoms with Crippen molar-refractivity contribution in [2.24, 2.45) is 23.7 Å². The van der Waals surface area contributed by atoms with Crippen LogP contribution in [0.2, 0.25) is 0 Å². The zero-order chi connectivity index (χ0) is 22.7. The highest BCUT2D eigenvalue weighted by atomic mass is 16.2. The number of hydrogen-bond donors (Lipinski definition) is 0. The predicted molar refractivity (Wildman–Crippen MR) is 121 cm³/mol. The van der Waals surface area contributed by atoms with Crippen molar-refractivity contribution in [3.8, 4) is 0 Å². The van der Waals surface area contributed by atoms with Gasteiger partial charge in [0.05, 0.1) is 0 Å². The summed E-state index contributed by atoms with van der Waals surface area (Å²) in [6.07, 6.45) is 1.28. The van der Waals surface area contributed by atoms with Gasteiger partial charge in [0.25, 0.3) is 0 Å². The first-order chi connectivity index (χ1) is 14.0. The predicted octanol–water partition coefficient (Wildman–Crippen LogP) is 4.68. The summed E-state index contributed by atoms with van der Waals surface area (Å²) < 4.78 is 0. The van der Waals surface area contributed by atoms with Crippen LogP contribution in [-0.4, -0.2) is 34.7 Å². The van der Waals surface area contributed by atoms with Gasteiger partial charge in [-0.1, -0.05) is 45.9 Å². The smallest absolute Gasteiger partial charge is 0.233 e. The average molecular weight is 415 g/mol.